The standard InChI is InChI=1S/C20H24BrN3O3S/c1-23-11-13-24(14-12-23)20(25)19(15-16-5-3-2-4-6-16)22-28(26,27)18-9-7-17(21)8-10-18/h2-10,19,22H,11-15H2,1H3/t19-/m1/s1. The molecule has 0 aliphatic carbocycles. The number of nitrogens with one attached hydrogen (secondary N) is 1. The number of halogens is 1. The van der Waals surface area contributed by atoms with Gasteiger partial charge in [-0.25, -0.2) is 8.42 Å². The van der Waals surface area contributed by atoms with Gasteiger partial charge in [0, 0.05) is 30.7 Å². The molecule has 1 amide bonds. The Balaban J connectivity index is 1.83. The van der Waals surface area contributed by atoms with Crippen molar-refractivity contribution in [1.82, 2.24) is 14.5 Å². The molecule has 3 rings (SSSR count). The predicted molar refractivity (Wildman–Crippen MR) is 112 cm³/mol. The highest BCUT2D eigenvalue weighted by Crippen LogP contribution is 2.16. The van der Waals surface area contributed by atoms with Crippen molar-refractivity contribution in [3.63, 3.8) is 0 Å². The lowest BCUT2D eigenvalue weighted by atomic mass is 10.1. The third kappa shape index (κ3) is 5.41. The maximum absolute atomic E-state index is 13.1. The number of hydrogen-bond donors (Lipinski definition) is 1. The largest absolute Gasteiger partial charge is 0.339 e. The first kappa shape index (κ1) is 21.0. The zero-order valence-electron chi connectivity index (χ0n) is 15.7. The second kappa shape index (κ2) is 9.17. The van der Waals surface area contributed by atoms with Crippen molar-refractivity contribution in [2.45, 2.75) is 17.4 Å². The molecule has 1 saturated heterocycles. The van der Waals surface area contributed by atoms with Gasteiger partial charge in [-0.15, -0.1) is 0 Å². The van der Waals surface area contributed by atoms with Gasteiger partial charge in [0.2, 0.25) is 15.9 Å². The summed E-state index contributed by atoms with van der Waals surface area (Å²) in [7, 11) is -1.81. The minimum atomic E-state index is -3.82. The molecule has 0 unspecified atom stereocenters. The van der Waals surface area contributed by atoms with Crippen LogP contribution in [0.3, 0.4) is 0 Å². The Morgan fingerprint density at radius 3 is 2.25 bits per heavy atom. The van der Waals surface area contributed by atoms with Crippen LogP contribution in [-0.4, -0.2) is 63.4 Å². The number of sulfonamides is 1. The first-order valence-electron chi connectivity index (χ1n) is 9.14. The van der Waals surface area contributed by atoms with E-state index in [-0.39, 0.29) is 10.8 Å². The molecule has 1 heterocycles. The number of carbonyl (C=O) groups excluding carboxylic acids is 1. The fraction of sp³-hybridized carbons (Fsp3) is 0.350. The van der Waals surface area contributed by atoms with Crippen LogP contribution in [0.4, 0.5) is 0 Å². The number of carbonyl (C=O) groups is 1. The number of likely N-dealkylation sites (N-methyl/N-ethyl adjacent to an activating group) is 1. The van der Waals surface area contributed by atoms with Crippen molar-refractivity contribution in [1.29, 1.82) is 0 Å². The average molecular weight is 466 g/mol. The van der Waals surface area contributed by atoms with Gasteiger partial charge in [0.25, 0.3) is 0 Å². The van der Waals surface area contributed by atoms with Gasteiger partial charge in [-0.3, -0.25) is 4.79 Å². The predicted octanol–water partition coefficient (Wildman–Crippen LogP) is 2.11. The molecule has 1 fully saturated rings. The Labute approximate surface area is 174 Å². The molecule has 0 bridgehead atoms. The monoisotopic (exact) mass is 465 g/mol. The first-order chi connectivity index (χ1) is 13.3. The first-order valence-corrected chi connectivity index (χ1v) is 11.4. The Morgan fingerprint density at radius 1 is 1.04 bits per heavy atom. The SMILES string of the molecule is CN1CCN(C(=O)[C@@H](Cc2ccccc2)NS(=O)(=O)c2ccc(Br)cc2)CC1. The molecule has 6 nitrogen and oxygen atoms in total. The fourth-order valence-electron chi connectivity index (χ4n) is 3.15. The van der Waals surface area contributed by atoms with Crippen molar-refractivity contribution in [3.05, 3.63) is 64.6 Å². The van der Waals surface area contributed by atoms with Crippen LogP contribution in [0.5, 0.6) is 0 Å². The molecule has 1 N–H and O–H groups in total. The number of hydrogen-bond acceptors (Lipinski definition) is 4. The van der Waals surface area contributed by atoms with E-state index in [0.29, 0.717) is 19.5 Å². The molecule has 2 aromatic rings. The van der Waals surface area contributed by atoms with Crippen LogP contribution in [0.1, 0.15) is 5.56 Å². The molecule has 1 atom stereocenters. The summed E-state index contributed by atoms with van der Waals surface area (Å²) >= 11 is 3.31. The smallest absolute Gasteiger partial charge is 0.241 e. The quantitative estimate of drug-likeness (QED) is 0.708. The molecule has 0 aromatic heterocycles. The van der Waals surface area contributed by atoms with E-state index in [4.69, 9.17) is 0 Å². The van der Waals surface area contributed by atoms with Crippen molar-refractivity contribution >= 4 is 31.9 Å². The molecule has 2 aromatic carbocycles. The van der Waals surface area contributed by atoms with Crippen molar-refractivity contribution in [2.24, 2.45) is 0 Å². The zero-order valence-corrected chi connectivity index (χ0v) is 18.1. The fourth-order valence-corrected chi connectivity index (χ4v) is 4.60. The zero-order chi connectivity index (χ0) is 20.1. The number of rotatable bonds is 6. The molecule has 0 spiro atoms. The van der Waals surface area contributed by atoms with Gasteiger partial charge in [-0.1, -0.05) is 46.3 Å². The van der Waals surface area contributed by atoms with Crippen LogP contribution in [0.15, 0.2) is 64.0 Å². The Kier molecular flexibility index (Phi) is 6.87. The topological polar surface area (TPSA) is 69.7 Å². The van der Waals surface area contributed by atoms with Crippen LogP contribution in [0.2, 0.25) is 0 Å². The molecule has 1 aliphatic rings. The number of piperazine rings is 1. The van der Waals surface area contributed by atoms with E-state index in [9.17, 15) is 13.2 Å². The Bertz CT molecular complexity index is 896. The molecule has 0 saturated carbocycles. The lowest BCUT2D eigenvalue weighted by Gasteiger charge is -2.34. The van der Waals surface area contributed by atoms with Gasteiger partial charge in [-0.2, -0.15) is 4.72 Å². The second-order valence-corrected chi connectivity index (χ2v) is 9.58. The molecule has 8 heteroatoms. The van der Waals surface area contributed by atoms with Crippen molar-refractivity contribution < 1.29 is 13.2 Å². The van der Waals surface area contributed by atoms with Crippen LogP contribution < -0.4 is 4.72 Å². The summed E-state index contributed by atoms with van der Waals surface area (Å²) in [4.78, 5) is 17.2. The summed E-state index contributed by atoms with van der Waals surface area (Å²) in [5.74, 6) is -0.183. The lowest BCUT2D eigenvalue weighted by Crippen LogP contribution is -2.54. The second-order valence-electron chi connectivity index (χ2n) is 6.95. The summed E-state index contributed by atoms with van der Waals surface area (Å²) in [6.07, 6.45) is 0.307. The van der Waals surface area contributed by atoms with E-state index < -0.39 is 16.1 Å². The average Bonchev–Trinajstić information content (AvgIpc) is 2.68. The third-order valence-electron chi connectivity index (χ3n) is 4.82. The van der Waals surface area contributed by atoms with Gasteiger partial charge in [0.05, 0.1) is 4.90 Å². The minimum Gasteiger partial charge on any atom is -0.339 e. The summed E-state index contributed by atoms with van der Waals surface area (Å²) in [6, 6.07) is 15.0. The summed E-state index contributed by atoms with van der Waals surface area (Å²) < 4.78 is 29.2. The maximum atomic E-state index is 13.1. The summed E-state index contributed by atoms with van der Waals surface area (Å²) in [5.41, 5.74) is 0.911. The van der Waals surface area contributed by atoms with Crippen LogP contribution >= 0.6 is 15.9 Å². The van der Waals surface area contributed by atoms with E-state index in [1.807, 2.05) is 37.4 Å². The summed E-state index contributed by atoms with van der Waals surface area (Å²) in [6.45, 7) is 2.76. The van der Waals surface area contributed by atoms with Gasteiger partial charge in [0.15, 0.2) is 0 Å². The minimum absolute atomic E-state index is 0.139. The van der Waals surface area contributed by atoms with Gasteiger partial charge < -0.3 is 9.80 Å². The Morgan fingerprint density at radius 2 is 1.64 bits per heavy atom. The van der Waals surface area contributed by atoms with Crippen LogP contribution in [0.25, 0.3) is 0 Å². The van der Waals surface area contributed by atoms with Crippen molar-refractivity contribution in [3.8, 4) is 0 Å². The van der Waals surface area contributed by atoms with E-state index in [2.05, 4.69) is 25.6 Å². The Hall–Kier alpha value is -1.74. The van der Waals surface area contributed by atoms with E-state index in [1.165, 1.54) is 12.1 Å². The lowest BCUT2D eigenvalue weighted by molar-refractivity contribution is -0.134. The normalized spacial score (nSPS) is 16.7. The molecule has 0 radical (unpaired) electrons. The number of nitrogens with zero attached hydrogens (tertiary/aromatic N) is 2. The van der Waals surface area contributed by atoms with Gasteiger partial charge in [0.1, 0.15) is 6.04 Å². The number of amides is 1. The third-order valence-corrected chi connectivity index (χ3v) is 6.83. The highest BCUT2D eigenvalue weighted by Gasteiger charge is 2.30. The van der Waals surface area contributed by atoms with E-state index >= 15 is 0 Å². The van der Waals surface area contributed by atoms with Crippen LogP contribution in [-0.2, 0) is 21.2 Å². The highest BCUT2D eigenvalue weighted by molar-refractivity contribution is 9.10. The van der Waals surface area contributed by atoms with E-state index in [0.717, 1.165) is 23.1 Å². The van der Waals surface area contributed by atoms with E-state index in [1.54, 1.807) is 17.0 Å². The van der Waals surface area contributed by atoms with Crippen LogP contribution in [0, 0.1) is 0 Å². The van der Waals surface area contributed by atoms with Gasteiger partial charge >= 0.3 is 0 Å². The molecular weight excluding hydrogens is 442 g/mol. The molecule has 1 aliphatic heterocycles. The van der Waals surface area contributed by atoms with Gasteiger partial charge in [-0.05, 0) is 43.3 Å². The maximum Gasteiger partial charge on any atom is 0.241 e. The van der Waals surface area contributed by atoms with Crippen molar-refractivity contribution in [2.75, 3.05) is 33.2 Å². The molecule has 28 heavy (non-hydrogen) atoms. The summed E-state index contributed by atoms with van der Waals surface area (Å²) in [5, 5.41) is 0. The number of benzene rings is 2. The molecule has 150 valence electrons. The molecular formula is C20H24BrN3O3S. The highest BCUT2D eigenvalue weighted by atomic mass is 79.9.